The lowest BCUT2D eigenvalue weighted by Gasteiger charge is -2.23. The van der Waals surface area contributed by atoms with Crippen LogP contribution in [0.25, 0.3) is 0 Å². The highest BCUT2D eigenvalue weighted by Gasteiger charge is 2.28. The Balaban J connectivity index is 1.49. The Morgan fingerprint density at radius 1 is 1.16 bits per heavy atom. The van der Waals surface area contributed by atoms with Crippen LogP contribution in [-0.2, 0) is 17.8 Å². The Kier molecular flexibility index (Phi) is 4.48. The highest BCUT2D eigenvalue weighted by molar-refractivity contribution is 5.92. The number of hydrogen-bond donors (Lipinski definition) is 0. The first-order chi connectivity index (χ1) is 12.2. The third kappa shape index (κ3) is 3.87. The average molecular weight is 341 g/mol. The Labute approximate surface area is 147 Å². The second-order valence-corrected chi connectivity index (χ2v) is 7.11. The first-order valence-corrected chi connectivity index (χ1v) is 8.83. The number of aryl methyl sites for hydroxylation is 1. The lowest BCUT2D eigenvalue weighted by atomic mass is 10.1. The van der Waals surface area contributed by atoms with Gasteiger partial charge in [0, 0.05) is 38.0 Å². The Morgan fingerprint density at radius 3 is 2.76 bits per heavy atom. The molecule has 1 amide bonds. The second-order valence-electron chi connectivity index (χ2n) is 7.11. The van der Waals surface area contributed by atoms with Crippen LogP contribution in [0, 0.1) is 18.8 Å². The number of imidazole rings is 1. The molecule has 4 rings (SSSR count). The summed E-state index contributed by atoms with van der Waals surface area (Å²) in [5.41, 5.74) is 2.23. The van der Waals surface area contributed by atoms with E-state index in [1.165, 1.54) is 12.8 Å². The van der Waals surface area contributed by atoms with Gasteiger partial charge in [-0.05, 0) is 25.7 Å². The SMILES string of the molecule is Cc1cnc(C(=O)N2Cc3cncn3C[C@@H](COCC3CC3)C2)cn1. The molecule has 1 fully saturated rings. The Bertz CT molecular complexity index is 738. The average Bonchev–Trinajstić information content (AvgIpc) is 3.37. The third-order valence-electron chi connectivity index (χ3n) is 4.78. The van der Waals surface area contributed by atoms with E-state index < -0.39 is 0 Å². The predicted octanol–water partition coefficient (Wildman–Crippen LogP) is 1.68. The molecule has 0 bridgehead atoms. The maximum Gasteiger partial charge on any atom is 0.274 e. The number of rotatable bonds is 5. The minimum atomic E-state index is -0.0886. The van der Waals surface area contributed by atoms with Gasteiger partial charge in [-0.25, -0.2) is 9.97 Å². The summed E-state index contributed by atoms with van der Waals surface area (Å²) in [6, 6.07) is 0. The number of aromatic nitrogens is 4. The maximum atomic E-state index is 12.9. The minimum Gasteiger partial charge on any atom is -0.381 e. The van der Waals surface area contributed by atoms with Crippen molar-refractivity contribution in [1.29, 1.82) is 0 Å². The fourth-order valence-corrected chi connectivity index (χ4v) is 3.16. The van der Waals surface area contributed by atoms with Gasteiger partial charge in [0.1, 0.15) is 5.69 Å². The van der Waals surface area contributed by atoms with E-state index in [1.54, 1.807) is 12.4 Å². The van der Waals surface area contributed by atoms with E-state index in [-0.39, 0.29) is 11.8 Å². The van der Waals surface area contributed by atoms with Crippen LogP contribution in [-0.4, -0.2) is 50.1 Å². The fourth-order valence-electron chi connectivity index (χ4n) is 3.16. The zero-order chi connectivity index (χ0) is 17.2. The molecule has 0 saturated heterocycles. The summed E-state index contributed by atoms with van der Waals surface area (Å²) in [7, 11) is 0. The molecule has 1 aliphatic carbocycles. The van der Waals surface area contributed by atoms with Gasteiger partial charge in [-0.15, -0.1) is 0 Å². The first-order valence-electron chi connectivity index (χ1n) is 8.83. The van der Waals surface area contributed by atoms with Crippen molar-refractivity contribution in [2.75, 3.05) is 19.8 Å². The van der Waals surface area contributed by atoms with Crippen molar-refractivity contribution in [3.8, 4) is 0 Å². The molecule has 0 radical (unpaired) electrons. The van der Waals surface area contributed by atoms with Crippen LogP contribution < -0.4 is 0 Å². The normalized spacial score (nSPS) is 20.2. The summed E-state index contributed by atoms with van der Waals surface area (Å²) < 4.78 is 8.02. The molecule has 132 valence electrons. The van der Waals surface area contributed by atoms with E-state index in [0.717, 1.165) is 30.5 Å². The molecule has 1 aliphatic heterocycles. The highest BCUT2D eigenvalue weighted by Crippen LogP contribution is 2.29. The summed E-state index contributed by atoms with van der Waals surface area (Å²) in [5, 5.41) is 0. The minimum absolute atomic E-state index is 0.0886. The fraction of sp³-hybridized carbons (Fsp3) is 0.556. The molecular formula is C18H23N5O2. The van der Waals surface area contributed by atoms with Gasteiger partial charge in [-0.1, -0.05) is 0 Å². The molecule has 0 unspecified atom stereocenters. The number of amides is 1. The highest BCUT2D eigenvalue weighted by atomic mass is 16.5. The number of ether oxygens (including phenoxy) is 1. The number of carbonyl (C=O) groups excluding carboxylic acids is 1. The Hall–Kier alpha value is -2.28. The Morgan fingerprint density at radius 2 is 2.00 bits per heavy atom. The van der Waals surface area contributed by atoms with Gasteiger partial charge in [0.05, 0.1) is 37.1 Å². The molecule has 25 heavy (non-hydrogen) atoms. The lowest BCUT2D eigenvalue weighted by molar-refractivity contribution is 0.0567. The van der Waals surface area contributed by atoms with Crippen LogP contribution in [0.3, 0.4) is 0 Å². The van der Waals surface area contributed by atoms with Crippen LogP contribution in [0.5, 0.6) is 0 Å². The third-order valence-corrected chi connectivity index (χ3v) is 4.78. The molecule has 2 aromatic rings. The van der Waals surface area contributed by atoms with E-state index in [4.69, 9.17) is 4.74 Å². The summed E-state index contributed by atoms with van der Waals surface area (Å²) in [4.78, 5) is 27.4. The number of fused-ring (bicyclic) bond motifs is 1. The van der Waals surface area contributed by atoms with Crippen LogP contribution in [0.15, 0.2) is 24.9 Å². The monoisotopic (exact) mass is 341 g/mol. The summed E-state index contributed by atoms with van der Waals surface area (Å²) in [6.45, 7) is 5.37. The van der Waals surface area contributed by atoms with Gasteiger partial charge in [0.15, 0.2) is 0 Å². The van der Waals surface area contributed by atoms with Crippen molar-refractivity contribution in [3.63, 3.8) is 0 Å². The van der Waals surface area contributed by atoms with E-state index in [1.807, 2.05) is 24.3 Å². The van der Waals surface area contributed by atoms with Crippen molar-refractivity contribution in [2.24, 2.45) is 11.8 Å². The molecule has 0 aromatic carbocycles. The van der Waals surface area contributed by atoms with Crippen molar-refractivity contribution >= 4 is 5.91 Å². The van der Waals surface area contributed by atoms with E-state index in [0.29, 0.717) is 25.4 Å². The number of nitrogens with zero attached hydrogens (tertiary/aromatic N) is 5. The van der Waals surface area contributed by atoms with Crippen LogP contribution in [0.4, 0.5) is 0 Å². The lowest BCUT2D eigenvalue weighted by Crippen LogP contribution is -2.36. The van der Waals surface area contributed by atoms with E-state index in [9.17, 15) is 4.79 Å². The van der Waals surface area contributed by atoms with Crippen LogP contribution in [0.1, 0.15) is 34.7 Å². The summed E-state index contributed by atoms with van der Waals surface area (Å²) in [5.74, 6) is 0.904. The topological polar surface area (TPSA) is 73.1 Å². The second kappa shape index (κ2) is 6.92. The van der Waals surface area contributed by atoms with E-state index >= 15 is 0 Å². The van der Waals surface area contributed by atoms with E-state index in [2.05, 4.69) is 19.5 Å². The largest absolute Gasteiger partial charge is 0.381 e. The smallest absolute Gasteiger partial charge is 0.274 e. The molecule has 7 heteroatoms. The molecule has 2 aromatic heterocycles. The van der Waals surface area contributed by atoms with Gasteiger partial charge in [-0.3, -0.25) is 9.78 Å². The zero-order valence-corrected chi connectivity index (χ0v) is 14.5. The zero-order valence-electron chi connectivity index (χ0n) is 14.5. The van der Waals surface area contributed by atoms with Crippen LogP contribution >= 0.6 is 0 Å². The molecule has 2 aliphatic rings. The molecule has 1 saturated carbocycles. The molecule has 0 spiro atoms. The van der Waals surface area contributed by atoms with Gasteiger partial charge in [0.25, 0.3) is 5.91 Å². The molecule has 7 nitrogen and oxygen atoms in total. The molecule has 1 atom stereocenters. The van der Waals surface area contributed by atoms with Crippen molar-refractivity contribution in [3.05, 3.63) is 42.0 Å². The van der Waals surface area contributed by atoms with Gasteiger partial charge >= 0.3 is 0 Å². The van der Waals surface area contributed by atoms with Crippen molar-refractivity contribution in [2.45, 2.75) is 32.9 Å². The molecule has 3 heterocycles. The van der Waals surface area contributed by atoms with Gasteiger partial charge in [0.2, 0.25) is 0 Å². The quantitative estimate of drug-likeness (QED) is 0.827. The first kappa shape index (κ1) is 16.2. The molecular weight excluding hydrogens is 318 g/mol. The van der Waals surface area contributed by atoms with Gasteiger partial charge < -0.3 is 14.2 Å². The number of hydrogen-bond acceptors (Lipinski definition) is 5. The number of carbonyl (C=O) groups is 1. The standard InChI is InChI=1S/C18H23N5O2/c1-13-4-21-17(6-20-13)18(24)22-7-15(11-25-10-14-2-3-14)8-23-12-19-5-16(23)9-22/h4-6,12,14-15H,2-3,7-11H2,1H3/t15-/m0/s1. The predicted molar refractivity (Wildman–Crippen MR) is 90.8 cm³/mol. The van der Waals surface area contributed by atoms with Gasteiger partial charge in [-0.2, -0.15) is 0 Å². The van der Waals surface area contributed by atoms with Crippen molar-refractivity contribution in [1.82, 2.24) is 24.4 Å². The van der Waals surface area contributed by atoms with Crippen molar-refractivity contribution < 1.29 is 9.53 Å². The summed E-state index contributed by atoms with van der Waals surface area (Å²) in [6.07, 6.45) is 9.42. The van der Waals surface area contributed by atoms with Crippen LogP contribution in [0.2, 0.25) is 0 Å². The molecule has 0 N–H and O–H groups in total. The summed E-state index contributed by atoms with van der Waals surface area (Å²) >= 11 is 0. The maximum absolute atomic E-state index is 12.9.